The van der Waals surface area contributed by atoms with Crippen LogP contribution in [0, 0.1) is 5.38 Å². The summed E-state index contributed by atoms with van der Waals surface area (Å²) in [4.78, 5) is 0. The van der Waals surface area contributed by atoms with Gasteiger partial charge < -0.3 is 0 Å². The Bertz CT molecular complexity index is 767. The molecule has 1 unspecified atom stereocenters. The zero-order chi connectivity index (χ0) is 18.2. The molecule has 0 aliphatic heterocycles. The Morgan fingerprint density at radius 1 is 0.692 bits per heavy atom. The average molecular weight is 362 g/mol. The van der Waals surface area contributed by atoms with E-state index in [1.165, 1.54) is 16.7 Å². The first-order valence-electron chi connectivity index (χ1n) is 9.34. The van der Waals surface area contributed by atoms with Gasteiger partial charge in [-0.05, 0) is 42.4 Å². The molecule has 0 aliphatic carbocycles. The van der Waals surface area contributed by atoms with Gasteiger partial charge in [-0.15, -0.1) is 11.6 Å². The van der Waals surface area contributed by atoms with Gasteiger partial charge in [0.05, 0.1) is 5.38 Å². The maximum Gasteiger partial charge on any atom is 0.0743 e. The smallest absolute Gasteiger partial charge is 0.0743 e. The van der Waals surface area contributed by atoms with Crippen molar-refractivity contribution in [3.8, 4) is 0 Å². The van der Waals surface area contributed by atoms with Crippen LogP contribution in [0.1, 0.15) is 36.5 Å². The predicted octanol–water partition coefficient (Wildman–Crippen LogP) is 6.98. The highest BCUT2D eigenvalue weighted by Crippen LogP contribution is 2.43. The Balaban J connectivity index is 1.75. The number of halogens is 1. The molecule has 0 saturated carbocycles. The molecule has 0 aliphatic rings. The third kappa shape index (κ3) is 4.77. The summed E-state index contributed by atoms with van der Waals surface area (Å²) in [6, 6.07) is 32.0. The molecule has 0 fully saturated rings. The summed E-state index contributed by atoms with van der Waals surface area (Å²) >= 11 is 6.96. The summed E-state index contributed by atoms with van der Waals surface area (Å²) in [5.74, 6) is 0. The van der Waals surface area contributed by atoms with E-state index >= 15 is 0 Å². The van der Waals surface area contributed by atoms with Gasteiger partial charge in [0.1, 0.15) is 0 Å². The fourth-order valence-corrected chi connectivity index (χ4v) is 3.75. The average Bonchev–Trinajstić information content (AvgIpc) is 2.72. The minimum Gasteiger partial charge on any atom is -0.116 e. The molecule has 1 atom stereocenters. The van der Waals surface area contributed by atoms with Gasteiger partial charge in [-0.3, -0.25) is 0 Å². The fourth-order valence-electron chi connectivity index (χ4n) is 3.46. The lowest BCUT2D eigenvalue weighted by Crippen LogP contribution is -2.29. The Morgan fingerprint density at radius 3 is 1.69 bits per heavy atom. The Morgan fingerprint density at radius 2 is 1.15 bits per heavy atom. The van der Waals surface area contributed by atoms with Crippen molar-refractivity contribution >= 4 is 11.6 Å². The normalized spacial score (nSPS) is 13.5. The molecule has 3 rings (SSSR count). The second kappa shape index (κ2) is 9.05. The lowest BCUT2D eigenvalue weighted by atomic mass is 9.73. The van der Waals surface area contributed by atoms with Crippen LogP contribution in [0.4, 0.5) is 0 Å². The second-order valence-electron chi connectivity index (χ2n) is 7.07. The second-order valence-corrected chi connectivity index (χ2v) is 7.53. The molecule has 0 spiro atoms. The van der Waals surface area contributed by atoms with Crippen LogP contribution in [0.15, 0.2) is 91.0 Å². The number of hydrogen-bond donors (Lipinski definition) is 0. The third-order valence-corrected chi connectivity index (χ3v) is 5.85. The highest BCUT2D eigenvalue weighted by Gasteiger charge is 2.34. The molecule has 3 aromatic carbocycles. The first-order chi connectivity index (χ1) is 12.7. The van der Waals surface area contributed by atoms with Crippen molar-refractivity contribution in [2.45, 2.75) is 38.0 Å². The highest BCUT2D eigenvalue weighted by molar-refractivity contribution is 6.28. The van der Waals surface area contributed by atoms with E-state index < -0.39 is 0 Å². The van der Waals surface area contributed by atoms with E-state index in [-0.39, 0.29) is 5.41 Å². The minimum atomic E-state index is -0.132. The summed E-state index contributed by atoms with van der Waals surface area (Å²) in [6.45, 7) is 2.29. The minimum absolute atomic E-state index is 0.132. The molecule has 0 amide bonds. The van der Waals surface area contributed by atoms with E-state index in [4.69, 9.17) is 11.6 Å². The van der Waals surface area contributed by atoms with E-state index in [1.807, 2.05) is 0 Å². The SMILES string of the molecule is CC(CCc1ccccc1)([C](Cl)CCc1ccccc1)c1ccccc1. The Hall–Kier alpha value is -2.05. The van der Waals surface area contributed by atoms with Crippen LogP contribution in [0.2, 0.25) is 0 Å². The molecule has 0 bridgehead atoms. The lowest BCUT2D eigenvalue weighted by molar-refractivity contribution is 0.464. The zero-order valence-corrected chi connectivity index (χ0v) is 16.1. The molecule has 133 valence electrons. The van der Waals surface area contributed by atoms with E-state index in [0.717, 1.165) is 31.1 Å². The van der Waals surface area contributed by atoms with Gasteiger partial charge >= 0.3 is 0 Å². The maximum absolute atomic E-state index is 6.96. The first kappa shape index (κ1) is 18.7. The van der Waals surface area contributed by atoms with Crippen molar-refractivity contribution in [3.63, 3.8) is 0 Å². The van der Waals surface area contributed by atoms with Crippen LogP contribution in [-0.4, -0.2) is 0 Å². The van der Waals surface area contributed by atoms with Crippen LogP contribution in [0.5, 0.6) is 0 Å². The summed E-state index contributed by atoms with van der Waals surface area (Å²) in [7, 11) is 0. The van der Waals surface area contributed by atoms with E-state index in [0.29, 0.717) is 0 Å². The summed E-state index contributed by atoms with van der Waals surface area (Å²) in [5.41, 5.74) is 3.87. The van der Waals surface area contributed by atoms with Crippen LogP contribution in [0.3, 0.4) is 0 Å². The van der Waals surface area contributed by atoms with E-state index in [9.17, 15) is 0 Å². The van der Waals surface area contributed by atoms with Crippen molar-refractivity contribution in [2.75, 3.05) is 0 Å². The van der Waals surface area contributed by atoms with Gasteiger partial charge in [-0.25, -0.2) is 0 Å². The van der Waals surface area contributed by atoms with Crippen LogP contribution < -0.4 is 0 Å². The molecular formula is C25H26Cl. The topological polar surface area (TPSA) is 0 Å². The molecular weight excluding hydrogens is 336 g/mol. The van der Waals surface area contributed by atoms with Crippen molar-refractivity contribution < 1.29 is 0 Å². The Labute approximate surface area is 162 Å². The van der Waals surface area contributed by atoms with Crippen molar-refractivity contribution in [1.29, 1.82) is 0 Å². The van der Waals surface area contributed by atoms with E-state index in [1.54, 1.807) is 0 Å². The van der Waals surface area contributed by atoms with E-state index in [2.05, 4.69) is 97.9 Å². The standard InChI is InChI=1S/C25H26Cl/c1-25(23-15-9-4-10-16-23,20-19-22-13-7-3-8-14-22)24(26)18-17-21-11-5-2-6-12-21/h2-16H,17-20H2,1H3. The van der Waals surface area contributed by atoms with Gasteiger partial charge in [0, 0.05) is 5.41 Å². The highest BCUT2D eigenvalue weighted by atomic mass is 35.5. The Kier molecular flexibility index (Phi) is 6.52. The van der Waals surface area contributed by atoms with Crippen molar-refractivity contribution in [2.24, 2.45) is 0 Å². The van der Waals surface area contributed by atoms with Gasteiger partial charge in [-0.1, -0.05) is 97.9 Å². The third-order valence-electron chi connectivity index (χ3n) is 5.24. The summed E-state index contributed by atoms with van der Waals surface area (Å²) in [5, 5.41) is 1.04. The van der Waals surface area contributed by atoms with Crippen molar-refractivity contribution in [1.82, 2.24) is 0 Å². The van der Waals surface area contributed by atoms with Crippen molar-refractivity contribution in [3.05, 3.63) is 113 Å². The number of hydrogen-bond acceptors (Lipinski definition) is 0. The maximum atomic E-state index is 6.96. The number of rotatable bonds is 8. The van der Waals surface area contributed by atoms with Crippen LogP contribution >= 0.6 is 11.6 Å². The molecule has 1 heteroatoms. The van der Waals surface area contributed by atoms with Crippen LogP contribution in [0.25, 0.3) is 0 Å². The molecule has 0 nitrogen and oxygen atoms in total. The van der Waals surface area contributed by atoms with Gasteiger partial charge in [-0.2, -0.15) is 0 Å². The van der Waals surface area contributed by atoms with Gasteiger partial charge in [0.15, 0.2) is 0 Å². The molecule has 0 saturated heterocycles. The monoisotopic (exact) mass is 361 g/mol. The zero-order valence-electron chi connectivity index (χ0n) is 15.4. The first-order valence-corrected chi connectivity index (χ1v) is 9.71. The molecule has 3 aromatic rings. The number of aryl methyl sites for hydroxylation is 2. The van der Waals surface area contributed by atoms with Gasteiger partial charge in [0.2, 0.25) is 0 Å². The van der Waals surface area contributed by atoms with Gasteiger partial charge in [0.25, 0.3) is 0 Å². The molecule has 1 radical (unpaired) electrons. The molecule has 0 aromatic heterocycles. The van der Waals surface area contributed by atoms with Crippen LogP contribution in [-0.2, 0) is 18.3 Å². The largest absolute Gasteiger partial charge is 0.116 e. The fraction of sp³-hybridized carbons (Fsp3) is 0.240. The molecule has 0 N–H and O–H groups in total. The summed E-state index contributed by atoms with van der Waals surface area (Å²) in [6.07, 6.45) is 3.90. The molecule has 26 heavy (non-hydrogen) atoms. The number of benzene rings is 3. The predicted molar refractivity (Wildman–Crippen MR) is 112 cm³/mol. The lowest BCUT2D eigenvalue weighted by Gasteiger charge is -2.34. The summed E-state index contributed by atoms with van der Waals surface area (Å²) < 4.78 is 0. The quantitative estimate of drug-likeness (QED) is 0.406. The molecule has 0 heterocycles.